The molecule has 0 saturated carbocycles. The lowest BCUT2D eigenvalue weighted by molar-refractivity contribution is 0.0339. The molecular formula is C20H19NO4. The van der Waals surface area contributed by atoms with E-state index < -0.39 is 5.63 Å². The van der Waals surface area contributed by atoms with Crippen LogP contribution < -0.4 is 5.63 Å². The molecule has 5 heteroatoms. The average molecular weight is 337 g/mol. The van der Waals surface area contributed by atoms with Crippen LogP contribution in [0.5, 0.6) is 5.75 Å². The summed E-state index contributed by atoms with van der Waals surface area (Å²) in [6.07, 6.45) is 0. The second kappa shape index (κ2) is 6.70. The van der Waals surface area contributed by atoms with Gasteiger partial charge in [0.2, 0.25) is 0 Å². The molecule has 0 amide bonds. The monoisotopic (exact) mass is 337 g/mol. The van der Waals surface area contributed by atoms with Crippen LogP contribution in [0.4, 0.5) is 0 Å². The van der Waals surface area contributed by atoms with Crippen LogP contribution >= 0.6 is 0 Å². The number of phenolic OH excluding ortho intramolecular Hbond substituents is 1. The summed E-state index contributed by atoms with van der Waals surface area (Å²) in [5.41, 5.74) is 2.45. The van der Waals surface area contributed by atoms with Crippen LogP contribution in [0.2, 0.25) is 0 Å². The highest BCUT2D eigenvalue weighted by Crippen LogP contribution is 2.33. The molecule has 2 heterocycles. The van der Waals surface area contributed by atoms with Gasteiger partial charge in [-0.25, -0.2) is 4.79 Å². The van der Waals surface area contributed by atoms with Crippen molar-refractivity contribution in [1.29, 1.82) is 0 Å². The number of benzene rings is 2. The maximum Gasteiger partial charge on any atom is 0.336 e. The lowest BCUT2D eigenvalue weighted by atomic mass is 9.99. The number of hydrogen-bond acceptors (Lipinski definition) is 5. The van der Waals surface area contributed by atoms with Crippen molar-refractivity contribution in [1.82, 2.24) is 4.90 Å². The van der Waals surface area contributed by atoms with Crippen molar-refractivity contribution in [3.8, 4) is 16.9 Å². The minimum atomic E-state index is -0.416. The van der Waals surface area contributed by atoms with Gasteiger partial charge >= 0.3 is 5.63 Å². The Morgan fingerprint density at radius 2 is 1.80 bits per heavy atom. The highest BCUT2D eigenvalue weighted by molar-refractivity contribution is 5.95. The fourth-order valence-electron chi connectivity index (χ4n) is 3.26. The van der Waals surface area contributed by atoms with Crippen LogP contribution in [0.15, 0.2) is 57.7 Å². The van der Waals surface area contributed by atoms with Gasteiger partial charge in [-0.3, -0.25) is 4.90 Å². The first-order valence-electron chi connectivity index (χ1n) is 8.36. The van der Waals surface area contributed by atoms with E-state index in [4.69, 9.17) is 9.15 Å². The van der Waals surface area contributed by atoms with Crippen molar-refractivity contribution in [3.63, 3.8) is 0 Å². The highest BCUT2D eigenvalue weighted by atomic mass is 16.5. The van der Waals surface area contributed by atoms with E-state index in [1.165, 1.54) is 6.07 Å². The molecule has 1 saturated heterocycles. The molecule has 3 aromatic rings. The third-order valence-electron chi connectivity index (χ3n) is 4.56. The van der Waals surface area contributed by atoms with E-state index in [0.29, 0.717) is 30.9 Å². The lowest BCUT2D eigenvalue weighted by Crippen LogP contribution is -2.35. The van der Waals surface area contributed by atoms with Crippen molar-refractivity contribution in [2.75, 3.05) is 26.3 Å². The molecule has 1 N–H and O–H groups in total. The molecule has 1 aliphatic rings. The first-order chi connectivity index (χ1) is 12.2. The Balaban J connectivity index is 1.87. The number of aromatic hydroxyl groups is 1. The molecule has 0 bridgehead atoms. The molecule has 1 aliphatic heterocycles. The predicted octanol–water partition coefficient (Wildman–Crippen LogP) is 3.00. The van der Waals surface area contributed by atoms with Crippen molar-refractivity contribution in [3.05, 3.63) is 64.5 Å². The summed E-state index contributed by atoms with van der Waals surface area (Å²) in [5.74, 6) is 0.146. The van der Waals surface area contributed by atoms with Crippen molar-refractivity contribution >= 4 is 11.0 Å². The van der Waals surface area contributed by atoms with Gasteiger partial charge in [0.05, 0.1) is 18.8 Å². The molecule has 4 rings (SSSR count). The molecule has 0 spiro atoms. The van der Waals surface area contributed by atoms with E-state index in [2.05, 4.69) is 4.90 Å². The Hall–Kier alpha value is -2.63. The van der Waals surface area contributed by atoms with Gasteiger partial charge in [-0.15, -0.1) is 0 Å². The fraction of sp³-hybridized carbons (Fsp3) is 0.250. The van der Waals surface area contributed by atoms with Gasteiger partial charge in [0, 0.05) is 31.1 Å². The Bertz CT molecular complexity index is 943. The van der Waals surface area contributed by atoms with Crippen LogP contribution in [0, 0.1) is 0 Å². The van der Waals surface area contributed by atoms with Gasteiger partial charge in [0.25, 0.3) is 0 Å². The van der Waals surface area contributed by atoms with Gasteiger partial charge in [-0.05, 0) is 23.3 Å². The molecule has 0 aliphatic carbocycles. The van der Waals surface area contributed by atoms with E-state index in [-0.39, 0.29) is 5.75 Å². The molecule has 0 radical (unpaired) electrons. The Labute approximate surface area is 145 Å². The molecule has 1 aromatic heterocycles. The van der Waals surface area contributed by atoms with Crippen LogP contribution in [0.1, 0.15) is 5.56 Å². The summed E-state index contributed by atoms with van der Waals surface area (Å²) < 4.78 is 10.9. The van der Waals surface area contributed by atoms with Crippen molar-refractivity contribution in [2.24, 2.45) is 0 Å². The van der Waals surface area contributed by atoms with Gasteiger partial charge in [-0.2, -0.15) is 0 Å². The number of morpholine rings is 1. The SMILES string of the molecule is O=c1cc(-c2ccccc2)c2ccc(O)c(CN3CCOCC3)c2o1. The van der Waals surface area contributed by atoms with E-state index >= 15 is 0 Å². The van der Waals surface area contributed by atoms with Crippen LogP contribution in [-0.2, 0) is 11.3 Å². The first-order valence-corrected chi connectivity index (χ1v) is 8.36. The van der Waals surface area contributed by atoms with Crippen LogP contribution in [0.25, 0.3) is 22.1 Å². The normalized spacial score (nSPS) is 15.5. The van der Waals surface area contributed by atoms with Gasteiger partial charge in [0.15, 0.2) is 0 Å². The zero-order chi connectivity index (χ0) is 17.2. The van der Waals surface area contributed by atoms with E-state index in [1.807, 2.05) is 30.3 Å². The summed E-state index contributed by atoms with van der Waals surface area (Å²) in [7, 11) is 0. The summed E-state index contributed by atoms with van der Waals surface area (Å²) in [6.45, 7) is 3.44. The second-order valence-electron chi connectivity index (χ2n) is 6.17. The molecule has 1 fully saturated rings. The minimum absolute atomic E-state index is 0.146. The Morgan fingerprint density at radius 3 is 2.56 bits per heavy atom. The molecule has 5 nitrogen and oxygen atoms in total. The molecular weight excluding hydrogens is 318 g/mol. The molecule has 0 unspecified atom stereocenters. The molecule has 0 atom stereocenters. The van der Waals surface area contributed by atoms with Crippen molar-refractivity contribution in [2.45, 2.75) is 6.54 Å². The lowest BCUT2D eigenvalue weighted by Gasteiger charge is -2.27. The Kier molecular flexibility index (Phi) is 4.26. The van der Waals surface area contributed by atoms with Gasteiger partial charge in [-0.1, -0.05) is 30.3 Å². The standard InChI is InChI=1S/C20H19NO4/c22-18-7-6-15-16(14-4-2-1-3-5-14)12-19(23)25-20(15)17(18)13-21-8-10-24-11-9-21/h1-7,12,22H,8-11,13H2. The summed E-state index contributed by atoms with van der Waals surface area (Å²) in [5, 5.41) is 11.2. The quantitative estimate of drug-likeness (QED) is 0.745. The van der Waals surface area contributed by atoms with Crippen LogP contribution in [-0.4, -0.2) is 36.3 Å². The summed E-state index contributed by atoms with van der Waals surface area (Å²) in [6, 6.07) is 14.7. The van der Waals surface area contributed by atoms with Gasteiger partial charge in [0.1, 0.15) is 11.3 Å². The van der Waals surface area contributed by atoms with Gasteiger partial charge < -0.3 is 14.3 Å². The maximum atomic E-state index is 12.2. The summed E-state index contributed by atoms with van der Waals surface area (Å²) >= 11 is 0. The number of phenols is 1. The largest absolute Gasteiger partial charge is 0.507 e. The third-order valence-corrected chi connectivity index (χ3v) is 4.56. The fourth-order valence-corrected chi connectivity index (χ4v) is 3.26. The molecule has 2 aromatic carbocycles. The molecule has 128 valence electrons. The van der Waals surface area contributed by atoms with Crippen molar-refractivity contribution < 1.29 is 14.3 Å². The predicted molar refractivity (Wildman–Crippen MR) is 95.7 cm³/mol. The first kappa shape index (κ1) is 15.9. The maximum absolute atomic E-state index is 12.2. The second-order valence-corrected chi connectivity index (χ2v) is 6.17. The third kappa shape index (κ3) is 3.16. The molecule has 25 heavy (non-hydrogen) atoms. The summed E-state index contributed by atoms with van der Waals surface area (Å²) in [4.78, 5) is 14.3. The average Bonchev–Trinajstić information content (AvgIpc) is 2.65. The number of hydrogen-bond donors (Lipinski definition) is 1. The topological polar surface area (TPSA) is 62.9 Å². The number of nitrogens with zero attached hydrogens (tertiary/aromatic N) is 1. The zero-order valence-corrected chi connectivity index (χ0v) is 13.8. The van der Waals surface area contributed by atoms with E-state index in [1.54, 1.807) is 12.1 Å². The highest BCUT2D eigenvalue weighted by Gasteiger charge is 2.18. The minimum Gasteiger partial charge on any atom is -0.507 e. The number of fused-ring (bicyclic) bond motifs is 1. The van der Waals surface area contributed by atoms with E-state index in [9.17, 15) is 9.90 Å². The zero-order valence-electron chi connectivity index (χ0n) is 13.8. The number of ether oxygens (including phenoxy) is 1. The smallest absolute Gasteiger partial charge is 0.336 e. The van der Waals surface area contributed by atoms with Crippen LogP contribution in [0.3, 0.4) is 0 Å². The number of rotatable bonds is 3. The van der Waals surface area contributed by atoms with E-state index in [0.717, 1.165) is 29.6 Å². The Morgan fingerprint density at radius 1 is 1.04 bits per heavy atom.